The van der Waals surface area contributed by atoms with Gasteiger partial charge in [-0.3, -0.25) is 14.5 Å². The van der Waals surface area contributed by atoms with Crippen molar-refractivity contribution in [2.75, 3.05) is 18.1 Å². The molecule has 1 N–H and O–H groups in total. The molecule has 1 aliphatic rings. The topological polar surface area (TPSA) is 76.1 Å². The number of ether oxygens (including phenoxy) is 2. The predicted octanol–water partition coefficient (Wildman–Crippen LogP) is 6.89. The number of benzene rings is 3. The average Bonchev–Trinajstić information content (AvgIpc) is 3.15. The Kier molecular flexibility index (Phi) is 7.89. The number of ketones is 1. The fourth-order valence-corrected chi connectivity index (χ4v) is 4.64. The number of anilines is 1. The molecule has 1 heterocycles. The van der Waals surface area contributed by atoms with Gasteiger partial charge < -0.3 is 14.6 Å². The Morgan fingerprint density at radius 1 is 0.946 bits per heavy atom. The first-order chi connectivity index (χ1) is 17.8. The summed E-state index contributed by atoms with van der Waals surface area (Å²) in [5, 5.41) is 12.0. The predicted molar refractivity (Wildman–Crippen MR) is 146 cm³/mol. The molecule has 0 aliphatic carbocycles. The summed E-state index contributed by atoms with van der Waals surface area (Å²) < 4.78 is 11.3. The van der Waals surface area contributed by atoms with Crippen molar-refractivity contribution in [3.8, 4) is 11.5 Å². The van der Waals surface area contributed by atoms with E-state index in [1.54, 1.807) is 60.7 Å². The molecule has 1 unspecified atom stereocenters. The second-order valence-electron chi connectivity index (χ2n) is 8.99. The molecule has 0 bridgehead atoms. The van der Waals surface area contributed by atoms with Crippen LogP contribution in [0.2, 0.25) is 5.02 Å². The molecule has 1 aliphatic heterocycles. The number of aliphatic hydroxyl groups excluding tert-OH is 1. The highest BCUT2D eigenvalue weighted by Crippen LogP contribution is 2.43. The lowest BCUT2D eigenvalue weighted by Gasteiger charge is -2.26. The molecule has 1 atom stereocenters. The van der Waals surface area contributed by atoms with Crippen molar-refractivity contribution in [1.29, 1.82) is 0 Å². The third-order valence-corrected chi connectivity index (χ3v) is 6.51. The van der Waals surface area contributed by atoms with Gasteiger partial charge >= 0.3 is 0 Å². The first-order valence-corrected chi connectivity index (χ1v) is 12.7. The lowest BCUT2D eigenvalue weighted by atomic mass is 9.93. The van der Waals surface area contributed by atoms with E-state index in [2.05, 4.69) is 0 Å². The molecule has 0 saturated carbocycles. The smallest absolute Gasteiger partial charge is 0.300 e. The van der Waals surface area contributed by atoms with Crippen LogP contribution < -0.4 is 14.4 Å². The van der Waals surface area contributed by atoms with Gasteiger partial charge in [0.2, 0.25) is 0 Å². The van der Waals surface area contributed by atoms with E-state index in [1.165, 1.54) is 4.90 Å². The second-order valence-corrected chi connectivity index (χ2v) is 9.42. The number of aliphatic hydroxyl groups is 1. The zero-order valence-corrected chi connectivity index (χ0v) is 22.1. The number of amides is 1. The number of Topliss-reactive ketones (excluding diaryl/α,β-unsaturated/α-hetero) is 1. The minimum Gasteiger partial charge on any atom is -0.507 e. The van der Waals surface area contributed by atoms with Crippen molar-refractivity contribution in [2.24, 2.45) is 0 Å². The summed E-state index contributed by atoms with van der Waals surface area (Å²) in [5.74, 6) is -0.226. The van der Waals surface area contributed by atoms with E-state index in [4.69, 9.17) is 21.1 Å². The number of halogens is 1. The van der Waals surface area contributed by atoms with Crippen LogP contribution in [0.15, 0.2) is 72.3 Å². The van der Waals surface area contributed by atoms with Gasteiger partial charge in [0.1, 0.15) is 17.3 Å². The van der Waals surface area contributed by atoms with Gasteiger partial charge in [0.15, 0.2) is 0 Å². The van der Waals surface area contributed by atoms with Crippen LogP contribution in [0.5, 0.6) is 11.5 Å². The number of nitrogens with zero attached hydrogens (tertiary/aromatic N) is 1. The standard InChI is InChI=1S/C30H30ClNO5/c1-5-36-23-14-12-22(13-15-23)32-27(19-7-10-21(31)11-8-19)26(29(34)30(32)35)28(33)20-9-16-25(37-6-2)24(17-20)18(3)4/h7-18,27,33H,5-6H2,1-4H3/b28-26-. The van der Waals surface area contributed by atoms with Gasteiger partial charge in [0.25, 0.3) is 11.7 Å². The van der Waals surface area contributed by atoms with Gasteiger partial charge in [0, 0.05) is 16.3 Å². The van der Waals surface area contributed by atoms with Crippen LogP contribution in [-0.4, -0.2) is 30.0 Å². The van der Waals surface area contributed by atoms with Crippen LogP contribution in [0.25, 0.3) is 5.76 Å². The Bertz CT molecular complexity index is 1330. The number of hydrogen-bond donors (Lipinski definition) is 1. The summed E-state index contributed by atoms with van der Waals surface area (Å²) >= 11 is 6.12. The molecule has 3 aromatic carbocycles. The van der Waals surface area contributed by atoms with E-state index < -0.39 is 17.7 Å². The monoisotopic (exact) mass is 519 g/mol. The van der Waals surface area contributed by atoms with Crippen LogP contribution in [0.1, 0.15) is 56.3 Å². The minimum atomic E-state index is -0.843. The molecule has 7 heteroatoms. The molecule has 0 aromatic heterocycles. The summed E-state index contributed by atoms with van der Waals surface area (Å²) in [7, 11) is 0. The minimum absolute atomic E-state index is 0.0140. The Morgan fingerprint density at radius 3 is 2.19 bits per heavy atom. The summed E-state index contributed by atoms with van der Waals surface area (Å²) in [6, 6.07) is 18.3. The Morgan fingerprint density at radius 2 is 1.59 bits per heavy atom. The van der Waals surface area contributed by atoms with E-state index in [1.807, 2.05) is 33.8 Å². The second kappa shape index (κ2) is 11.1. The largest absolute Gasteiger partial charge is 0.507 e. The van der Waals surface area contributed by atoms with Crippen LogP contribution >= 0.6 is 11.6 Å². The van der Waals surface area contributed by atoms with Crippen molar-refractivity contribution < 1.29 is 24.2 Å². The maximum absolute atomic E-state index is 13.4. The highest BCUT2D eigenvalue weighted by molar-refractivity contribution is 6.51. The summed E-state index contributed by atoms with van der Waals surface area (Å²) in [4.78, 5) is 28.2. The average molecular weight is 520 g/mol. The highest BCUT2D eigenvalue weighted by atomic mass is 35.5. The molecule has 6 nitrogen and oxygen atoms in total. The third-order valence-electron chi connectivity index (χ3n) is 6.26. The molecule has 4 rings (SSSR count). The van der Waals surface area contributed by atoms with E-state index in [9.17, 15) is 14.7 Å². The van der Waals surface area contributed by atoms with Crippen molar-refractivity contribution in [3.05, 3.63) is 94.0 Å². The Hall–Kier alpha value is -3.77. The van der Waals surface area contributed by atoms with Gasteiger partial charge in [-0.2, -0.15) is 0 Å². The molecule has 1 fully saturated rings. The summed E-state index contributed by atoms with van der Waals surface area (Å²) in [5.41, 5.74) is 2.51. The number of rotatable bonds is 8. The van der Waals surface area contributed by atoms with Gasteiger partial charge in [-0.15, -0.1) is 0 Å². The zero-order valence-electron chi connectivity index (χ0n) is 21.3. The molecule has 3 aromatic rings. The fraction of sp³-hybridized carbons (Fsp3) is 0.267. The van der Waals surface area contributed by atoms with Crippen molar-refractivity contribution in [1.82, 2.24) is 0 Å². The maximum atomic E-state index is 13.4. The third kappa shape index (κ3) is 5.20. The lowest BCUT2D eigenvalue weighted by molar-refractivity contribution is -0.132. The SMILES string of the molecule is CCOc1ccc(N2C(=O)C(=O)/C(=C(\O)c3ccc(OCC)c(C(C)C)c3)C2c2ccc(Cl)cc2)cc1. The van der Waals surface area contributed by atoms with Gasteiger partial charge in [-0.1, -0.05) is 37.6 Å². The zero-order chi connectivity index (χ0) is 26.7. The molecule has 0 spiro atoms. The fourth-order valence-electron chi connectivity index (χ4n) is 4.52. The van der Waals surface area contributed by atoms with Crippen molar-refractivity contribution in [2.45, 2.75) is 39.7 Å². The number of hydrogen-bond acceptors (Lipinski definition) is 5. The molecule has 37 heavy (non-hydrogen) atoms. The van der Waals surface area contributed by atoms with Crippen molar-refractivity contribution >= 4 is 34.7 Å². The van der Waals surface area contributed by atoms with Crippen molar-refractivity contribution in [3.63, 3.8) is 0 Å². The highest BCUT2D eigenvalue weighted by Gasteiger charge is 2.47. The first-order valence-electron chi connectivity index (χ1n) is 12.3. The van der Waals surface area contributed by atoms with Crippen LogP contribution in [0.4, 0.5) is 5.69 Å². The lowest BCUT2D eigenvalue weighted by Crippen LogP contribution is -2.29. The summed E-state index contributed by atoms with van der Waals surface area (Å²) in [6.45, 7) is 8.87. The molecule has 1 amide bonds. The van der Waals surface area contributed by atoms with E-state index in [0.29, 0.717) is 40.8 Å². The van der Waals surface area contributed by atoms with Gasteiger partial charge in [-0.25, -0.2) is 0 Å². The Labute approximate surface area is 222 Å². The summed E-state index contributed by atoms with van der Waals surface area (Å²) in [6.07, 6.45) is 0. The maximum Gasteiger partial charge on any atom is 0.300 e. The molecule has 1 saturated heterocycles. The van der Waals surface area contributed by atoms with Gasteiger partial charge in [0.05, 0.1) is 24.8 Å². The van der Waals surface area contributed by atoms with Crippen LogP contribution in [0, 0.1) is 0 Å². The normalized spacial score (nSPS) is 16.9. The molecular weight excluding hydrogens is 490 g/mol. The molecule has 0 radical (unpaired) electrons. The van der Waals surface area contributed by atoms with Crippen LogP contribution in [-0.2, 0) is 9.59 Å². The van der Waals surface area contributed by atoms with E-state index in [0.717, 1.165) is 11.3 Å². The first kappa shape index (κ1) is 26.3. The number of carbonyl (C=O) groups is 2. The Balaban J connectivity index is 1.89. The van der Waals surface area contributed by atoms with E-state index >= 15 is 0 Å². The quantitative estimate of drug-likeness (QED) is 0.199. The van der Waals surface area contributed by atoms with Gasteiger partial charge in [-0.05, 0) is 85.5 Å². The van der Waals surface area contributed by atoms with Crippen LogP contribution in [0.3, 0.4) is 0 Å². The molecule has 192 valence electrons. The molecular formula is C30H30ClNO5. The van der Waals surface area contributed by atoms with E-state index in [-0.39, 0.29) is 17.3 Å². The number of carbonyl (C=O) groups excluding carboxylic acids is 2.